The molecule has 104 valence electrons. The number of aromatic nitrogens is 1. The van der Waals surface area contributed by atoms with Crippen LogP contribution in [0.4, 0.5) is 5.82 Å². The van der Waals surface area contributed by atoms with E-state index in [-0.39, 0.29) is 12.4 Å². The van der Waals surface area contributed by atoms with Gasteiger partial charge in [-0.1, -0.05) is 5.16 Å². The van der Waals surface area contributed by atoms with Gasteiger partial charge < -0.3 is 20.9 Å². The first-order valence-electron chi connectivity index (χ1n) is 6.50. The Morgan fingerprint density at radius 3 is 2.84 bits per heavy atom. The van der Waals surface area contributed by atoms with E-state index in [1.54, 1.807) is 6.20 Å². The number of aliphatic hydroxyl groups excluding tert-OH is 1. The molecule has 1 heterocycles. The topological polar surface area (TPSA) is 95.0 Å². The quantitative estimate of drug-likeness (QED) is 0.317. The molecule has 0 atom stereocenters. The van der Waals surface area contributed by atoms with Gasteiger partial charge in [0.25, 0.3) is 0 Å². The molecule has 1 aromatic rings. The number of aliphatic hydroxyl groups is 1. The van der Waals surface area contributed by atoms with Gasteiger partial charge in [0, 0.05) is 18.8 Å². The maximum Gasteiger partial charge on any atom is 0.174 e. The zero-order valence-corrected chi connectivity index (χ0v) is 11.1. The predicted octanol–water partition coefficient (Wildman–Crippen LogP) is 0.836. The average molecular weight is 264 g/mol. The number of oxime groups is 1. The SMILES string of the molecule is Cc1ccnc(N(CCO)C2CCC2)c1/C(N)=N/O. The Kier molecular flexibility index (Phi) is 4.21. The Labute approximate surface area is 112 Å². The second-order valence-electron chi connectivity index (χ2n) is 4.81. The van der Waals surface area contributed by atoms with Gasteiger partial charge in [0.05, 0.1) is 12.2 Å². The summed E-state index contributed by atoms with van der Waals surface area (Å²) < 4.78 is 0. The molecule has 6 nitrogen and oxygen atoms in total. The van der Waals surface area contributed by atoms with Gasteiger partial charge in [-0.2, -0.15) is 0 Å². The van der Waals surface area contributed by atoms with Crippen molar-refractivity contribution in [3.05, 3.63) is 23.4 Å². The van der Waals surface area contributed by atoms with Crippen molar-refractivity contribution in [3.8, 4) is 0 Å². The molecule has 0 radical (unpaired) electrons. The average Bonchev–Trinajstić information content (AvgIpc) is 2.35. The summed E-state index contributed by atoms with van der Waals surface area (Å²) in [6.07, 6.45) is 5.08. The Hall–Kier alpha value is -1.82. The first-order valence-corrected chi connectivity index (χ1v) is 6.50. The smallest absolute Gasteiger partial charge is 0.174 e. The maximum absolute atomic E-state index is 9.24. The number of rotatable bonds is 5. The lowest BCUT2D eigenvalue weighted by molar-refractivity contribution is 0.283. The summed E-state index contributed by atoms with van der Waals surface area (Å²) in [5, 5.41) is 21.3. The van der Waals surface area contributed by atoms with E-state index in [0.29, 0.717) is 24.0 Å². The Morgan fingerprint density at radius 1 is 1.58 bits per heavy atom. The van der Waals surface area contributed by atoms with Crippen molar-refractivity contribution < 1.29 is 10.3 Å². The second-order valence-corrected chi connectivity index (χ2v) is 4.81. The van der Waals surface area contributed by atoms with Crippen molar-refractivity contribution in [2.24, 2.45) is 10.9 Å². The summed E-state index contributed by atoms with van der Waals surface area (Å²) in [7, 11) is 0. The van der Waals surface area contributed by atoms with Crippen LogP contribution < -0.4 is 10.6 Å². The van der Waals surface area contributed by atoms with Crippen LogP contribution in [0.1, 0.15) is 30.4 Å². The molecular weight excluding hydrogens is 244 g/mol. The van der Waals surface area contributed by atoms with E-state index in [4.69, 9.17) is 10.9 Å². The lowest BCUT2D eigenvalue weighted by Crippen LogP contribution is -2.43. The number of nitrogens with two attached hydrogens (primary N) is 1. The summed E-state index contributed by atoms with van der Waals surface area (Å²) >= 11 is 0. The molecule has 0 amide bonds. The minimum Gasteiger partial charge on any atom is -0.409 e. The summed E-state index contributed by atoms with van der Waals surface area (Å²) in [5.74, 6) is 0.747. The van der Waals surface area contributed by atoms with Crippen LogP contribution in [0.2, 0.25) is 0 Å². The third-order valence-corrected chi connectivity index (χ3v) is 3.63. The van der Waals surface area contributed by atoms with Crippen molar-refractivity contribution in [1.29, 1.82) is 0 Å². The standard InChI is InChI=1S/C13H20N4O2/c1-9-5-6-15-13(11(9)12(14)16-19)17(7-8-18)10-3-2-4-10/h5-6,10,18-19H,2-4,7-8H2,1H3,(H2,14,16). The third kappa shape index (κ3) is 2.63. The molecule has 0 bridgehead atoms. The molecule has 1 aromatic heterocycles. The highest BCUT2D eigenvalue weighted by molar-refractivity contribution is 6.02. The number of hydrogen-bond donors (Lipinski definition) is 3. The van der Waals surface area contributed by atoms with Gasteiger partial charge in [0.2, 0.25) is 0 Å². The molecule has 19 heavy (non-hydrogen) atoms. The molecule has 1 aliphatic rings. The molecule has 4 N–H and O–H groups in total. The Bertz CT molecular complexity index is 472. The number of amidine groups is 1. The number of anilines is 1. The van der Waals surface area contributed by atoms with E-state index < -0.39 is 0 Å². The van der Waals surface area contributed by atoms with E-state index >= 15 is 0 Å². The minimum atomic E-state index is 0.0573. The van der Waals surface area contributed by atoms with Gasteiger partial charge in [0.15, 0.2) is 5.84 Å². The summed E-state index contributed by atoms with van der Waals surface area (Å²) in [6.45, 7) is 2.46. The molecule has 0 aliphatic heterocycles. The highest BCUT2D eigenvalue weighted by Gasteiger charge is 2.28. The molecule has 6 heteroatoms. The van der Waals surface area contributed by atoms with E-state index in [2.05, 4.69) is 15.0 Å². The van der Waals surface area contributed by atoms with Crippen LogP contribution in [0, 0.1) is 6.92 Å². The van der Waals surface area contributed by atoms with Crippen LogP contribution in [-0.4, -0.2) is 40.3 Å². The highest BCUT2D eigenvalue weighted by Crippen LogP contribution is 2.31. The minimum absolute atomic E-state index is 0.0573. The lowest BCUT2D eigenvalue weighted by Gasteiger charge is -2.39. The van der Waals surface area contributed by atoms with E-state index in [1.165, 1.54) is 6.42 Å². The lowest BCUT2D eigenvalue weighted by atomic mass is 9.91. The summed E-state index contributed by atoms with van der Waals surface area (Å²) in [4.78, 5) is 6.43. The van der Waals surface area contributed by atoms with Crippen LogP contribution in [0.15, 0.2) is 17.4 Å². The van der Waals surface area contributed by atoms with Crippen LogP contribution in [0.25, 0.3) is 0 Å². The number of pyridine rings is 1. The number of hydrogen-bond acceptors (Lipinski definition) is 5. The Morgan fingerprint density at radius 2 is 2.32 bits per heavy atom. The number of nitrogens with zero attached hydrogens (tertiary/aromatic N) is 3. The summed E-state index contributed by atoms with van der Waals surface area (Å²) in [5.41, 5.74) is 7.31. The van der Waals surface area contributed by atoms with Gasteiger partial charge >= 0.3 is 0 Å². The van der Waals surface area contributed by atoms with Crippen LogP contribution in [0.5, 0.6) is 0 Å². The molecule has 1 fully saturated rings. The molecule has 0 aromatic carbocycles. The molecule has 0 spiro atoms. The van der Waals surface area contributed by atoms with Crippen molar-refractivity contribution in [2.45, 2.75) is 32.2 Å². The molecule has 0 unspecified atom stereocenters. The van der Waals surface area contributed by atoms with E-state index in [9.17, 15) is 5.11 Å². The molecule has 1 saturated carbocycles. The van der Waals surface area contributed by atoms with Gasteiger partial charge in [-0.25, -0.2) is 4.98 Å². The largest absolute Gasteiger partial charge is 0.409 e. The summed E-state index contributed by atoms with van der Waals surface area (Å²) in [6, 6.07) is 2.21. The predicted molar refractivity (Wildman–Crippen MR) is 73.6 cm³/mol. The van der Waals surface area contributed by atoms with E-state index in [1.807, 2.05) is 13.0 Å². The molecule has 0 saturated heterocycles. The van der Waals surface area contributed by atoms with Crippen LogP contribution >= 0.6 is 0 Å². The van der Waals surface area contributed by atoms with E-state index in [0.717, 1.165) is 18.4 Å². The van der Waals surface area contributed by atoms with Gasteiger partial charge in [-0.3, -0.25) is 0 Å². The highest BCUT2D eigenvalue weighted by atomic mass is 16.4. The van der Waals surface area contributed by atoms with Gasteiger partial charge in [-0.15, -0.1) is 0 Å². The first-order chi connectivity index (χ1) is 9.19. The third-order valence-electron chi connectivity index (χ3n) is 3.63. The first kappa shape index (κ1) is 13.6. The van der Waals surface area contributed by atoms with Gasteiger partial charge in [-0.05, 0) is 37.8 Å². The van der Waals surface area contributed by atoms with Crippen LogP contribution in [0.3, 0.4) is 0 Å². The van der Waals surface area contributed by atoms with Crippen molar-refractivity contribution >= 4 is 11.7 Å². The fraction of sp³-hybridized carbons (Fsp3) is 0.538. The Balaban J connectivity index is 2.43. The number of aryl methyl sites for hydroxylation is 1. The molecule has 1 aliphatic carbocycles. The van der Waals surface area contributed by atoms with Crippen LogP contribution in [-0.2, 0) is 0 Å². The molecule has 2 rings (SSSR count). The van der Waals surface area contributed by atoms with Crippen molar-refractivity contribution in [2.75, 3.05) is 18.1 Å². The zero-order valence-electron chi connectivity index (χ0n) is 11.1. The fourth-order valence-electron chi connectivity index (χ4n) is 2.40. The normalized spacial score (nSPS) is 16.2. The monoisotopic (exact) mass is 264 g/mol. The van der Waals surface area contributed by atoms with Crippen molar-refractivity contribution in [1.82, 2.24) is 4.98 Å². The molecular formula is C13H20N4O2. The second kappa shape index (κ2) is 5.88. The maximum atomic E-state index is 9.24. The zero-order chi connectivity index (χ0) is 13.8. The van der Waals surface area contributed by atoms with Crippen molar-refractivity contribution in [3.63, 3.8) is 0 Å². The van der Waals surface area contributed by atoms with Gasteiger partial charge in [0.1, 0.15) is 5.82 Å². The fourth-order valence-corrected chi connectivity index (χ4v) is 2.40.